The van der Waals surface area contributed by atoms with Crippen molar-refractivity contribution in [1.29, 1.82) is 0 Å². The van der Waals surface area contributed by atoms with E-state index in [0.29, 0.717) is 15.1 Å². The summed E-state index contributed by atoms with van der Waals surface area (Å²) >= 11 is 8.84. The van der Waals surface area contributed by atoms with Crippen LogP contribution in [0.2, 0.25) is 5.15 Å². The number of benzene rings is 1. The van der Waals surface area contributed by atoms with Gasteiger partial charge in [0.2, 0.25) is 0 Å². The van der Waals surface area contributed by atoms with Crippen LogP contribution in [0.5, 0.6) is 0 Å². The van der Waals surface area contributed by atoms with E-state index in [9.17, 15) is 4.39 Å². The first-order valence-corrected chi connectivity index (χ1v) is 4.75. The highest BCUT2D eigenvalue weighted by atomic mass is 79.9. The zero-order chi connectivity index (χ0) is 9.42. The van der Waals surface area contributed by atoms with Crippen LogP contribution in [-0.2, 0) is 0 Å². The number of halogens is 3. The quantitative estimate of drug-likeness (QED) is 0.657. The average Bonchev–Trinajstić information content (AvgIpc) is 2.06. The fourth-order valence-corrected chi connectivity index (χ4v) is 1.73. The third-order valence-corrected chi connectivity index (χ3v) is 2.35. The summed E-state index contributed by atoms with van der Waals surface area (Å²) in [6.45, 7) is 0. The molecule has 1 nitrogen and oxygen atoms in total. The SMILES string of the molecule is Fc1cc(Br)cc2ccc(Cl)nc12. The molecule has 0 spiro atoms. The third-order valence-electron chi connectivity index (χ3n) is 1.68. The van der Waals surface area contributed by atoms with Crippen LogP contribution in [0.15, 0.2) is 28.7 Å². The molecule has 0 saturated carbocycles. The van der Waals surface area contributed by atoms with Crippen LogP contribution in [-0.4, -0.2) is 4.98 Å². The summed E-state index contributed by atoms with van der Waals surface area (Å²) in [7, 11) is 0. The summed E-state index contributed by atoms with van der Waals surface area (Å²) in [5.41, 5.74) is 0.302. The molecule has 1 aromatic heterocycles. The van der Waals surface area contributed by atoms with Gasteiger partial charge in [0, 0.05) is 9.86 Å². The molecule has 4 heteroatoms. The van der Waals surface area contributed by atoms with Crippen molar-refractivity contribution in [2.45, 2.75) is 0 Å². The second-order valence-electron chi connectivity index (χ2n) is 2.59. The van der Waals surface area contributed by atoms with E-state index in [4.69, 9.17) is 11.6 Å². The molecule has 0 fully saturated rings. The minimum atomic E-state index is -0.369. The predicted octanol–water partition coefficient (Wildman–Crippen LogP) is 3.79. The van der Waals surface area contributed by atoms with Crippen LogP contribution in [0.1, 0.15) is 0 Å². The molecule has 2 aromatic rings. The Morgan fingerprint density at radius 3 is 2.85 bits per heavy atom. The molecule has 0 aliphatic carbocycles. The van der Waals surface area contributed by atoms with E-state index in [2.05, 4.69) is 20.9 Å². The van der Waals surface area contributed by atoms with Gasteiger partial charge < -0.3 is 0 Å². The average molecular weight is 260 g/mol. The molecule has 0 N–H and O–H groups in total. The number of aromatic nitrogens is 1. The van der Waals surface area contributed by atoms with Gasteiger partial charge in [0.25, 0.3) is 0 Å². The minimum absolute atomic E-state index is 0.300. The van der Waals surface area contributed by atoms with Crippen LogP contribution in [0.3, 0.4) is 0 Å². The van der Waals surface area contributed by atoms with Gasteiger partial charge in [-0.15, -0.1) is 0 Å². The topological polar surface area (TPSA) is 12.9 Å². The lowest BCUT2D eigenvalue weighted by Gasteiger charge is -1.99. The van der Waals surface area contributed by atoms with Gasteiger partial charge in [-0.25, -0.2) is 9.37 Å². The molecule has 2 rings (SSSR count). The van der Waals surface area contributed by atoms with Gasteiger partial charge in [0.05, 0.1) is 0 Å². The Bertz CT molecular complexity index is 472. The Morgan fingerprint density at radius 1 is 1.31 bits per heavy atom. The van der Waals surface area contributed by atoms with E-state index in [-0.39, 0.29) is 5.82 Å². The lowest BCUT2D eigenvalue weighted by Crippen LogP contribution is -1.84. The van der Waals surface area contributed by atoms with Crippen molar-refractivity contribution in [3.8, 4) is 0 Å². The van der Waals surface area contributed by atoms with Crippen molar-refractivity contribution in [2.75, 3.05) is 0 Å². The van der Waals surface area contributed by atoms with Gasteiger partial charge in [0.15, 0.2) is 5.82 Å². The van der Waals surface area contributed by atoms with Gasteiger partial charge in [-0.2, -0.15) is 0 Å². The summed E-state index contributed by atoms with van der Waals surface area (Å²) in [4.78, 5) is 3.89. The number of rotatable bonds is 0. The highest BCUT2D eigenvalue weighted by molar-refractivity contribution is 9.10. The predicted molar refractivity (Wildman–Crippen MR) is 54.4 cm³/mol. The highest BCUT2D eigenvalue weighted by Gasteiger charge is 2.04. The molecule has 0 aliphatic heterocycles. The first-order valence-electron chi connectivity index (χ1n) is 3.58. The number of nitrogens with zero attached hydrogens (tertiary/aromatic N) is 1. The van der Waals surface area contributed by atoms with Crippen LogP contribution in [0.25, 0.3) is 10.9 Å². The number of pyridine rings is 1. The van der Waals surface area contributed by atoms with Crippen molar-refractivity contribution in [2.24, 2.45) is 0 Å². The van der Waals surface area contributed by atoms with E-state index >= 15 is 0 Å². The Kier molecular flexibility index (Phi) is 2.22. The molecule has 0 radical (unpaired) electrons. The van der Waals surface area contributed by atoms with Crippen LogP contribution in [0.4, 0.5) is 4.39 Å². The summed E-state index contributed by atoms with van der Waals surface area (Å²) in [6, 6.07) is 6.53. The first kappa shape index (κ1) is 8.91. The van der Waals surface area contributed by atoms with Gasteiger partial charge in [-0.3, -0.25) is 0 Å². The van der Waals surface area contributed by atoms with Crippen LogP contribution in [0, 0.1) is 5.82 Å². The van der Waals surface area contributed by atoms with Gasteiger partial charge >= 0.3 is 0 Å². The van der Waals surface area contributed by atoms with Crippen LogP contribution >= 0.6 is 27.5 Å². The molecule has 0 amide bonds. The molecule has 0 atom stereocenters. The summed E-state index contributed by atoms with van der Waals surface area (Å²) in [6.07, 6.45) is 0. The fraction of sp³-hybridized carbons (Fsp3) is 0. The van der Waals surface area contributed by atoms with Crippen molar-refractivity contribution >= 4 is 38.4 Å². The minimum Gasteiger partial charge on any atom is -0.233 e. The van der Waals surface area contributed by atoms with Gasteiger partial charge in [-0.05, 0) is 24.3 Å². The van der Waals surface area contributed by atoms with E-state index in [1.54, 1.807) is 18.2 Å². The lowest BCUT2D eigenvalue weighted by molar-refractivity contribution is 0.636. The highest BCUT2D eigenvalue weighted by Crippen LogP contribution is 2.23. The fourth-order valence-electron chi connectivity index (χ4n) is 1.13. The van der Waals surface area contributed by atoms with E-state index in [1.165, 1.54) is 6.07 Å². The molecular weight excluding hydrogens is 256 g/mol. The molecule has 1 heterocycles. The molecular formula is C9H4BrClFN. The van der Waals surface area contributed by atoms with Gasteiger partial charge in [0.1, 0.15) is 10.7 Å². The van der Waals surface area contributed by atoms with Crippen molar-refractivity contribution in [1.82, 2.24) is 4.98 Å². The lowest BCUT2D eigenvalue weighted by atomic mass is 10.2. The Morgan fingerprint density at radius 2 is 2.08 bits per heavy atom. The Hall–Kier alpha value is -0.670. The van der Waals surface area contributed by atoms with E-state index < -0.39 is 0 Å². The third kappa shape index (κ3) is 1.67. The molecule has 66 valence electrons. The monoisotopic (exact) mass is 259 g/mol. The van der Waals surface area contributed by atoms with E-state index in [0.717, 1.165) is 5.39 Å². The number of fused-ring (bicyclic) bond motifs is 1. The normalized spacial score (nSPS) is 10.7. The number of hydrogen-bond acceptors (Lipinski definition) is 1. The molecule has 0 aliphatic rings. The molecule has 0 unspecified atom stereocenters. The first-order chi connectivity index (χ1) is 6.16. The van der Waals surface area contributed by atoms with Crippen molar-refractivity contribution in [3.05, 3.63) is 39.7 Å². The van der Waals surface area contributed by atoms with Gasteiger partial charge in [-0.1, -0.05) is 27.5 Å². The summed E-state index contributed by atoms with van der Waals surface area (Å²) in [5, 5.41) is 1.03. The Labute approximate surface area is 87.7 Å². The smallest absolute Gasteiger partial charge is 0.150 e. The largest absolute Gasteiger partial charge is 0.233 e. The molecule has 13 heavy (non-hydrogen) atoms. The van der Waals surface area contributed by atoms with E-state index in [1.807, 2.05) is 0 Å². The van der Waals surface area contributed by atoms with Crippen molar-refractivity contribution < 1.29 is 4.39 Å². The summed E-state index contributed by atoms with van der Waals surface area (Å²) in [5.74, 6) is -0.369. The number of hydrogen-bond donors (Lipinski definition) is 0. The maximum Gasteiger partial charge on any atom is 0.150 e. The molecule has 1 aromatic carbocycles. The standard InChI is InChI=1S/C9H4BrClFN/c10-6-3-5-1-2-8(11)13-9(5)7(12)4-6/h1-4H. The Balaban J connectivity index is 2.87. The zero-order valence-electron chi connectivity index (χ0n) is 6.39. The maximum atomic E-state index is 13.3. The van der Waals surface area contributed by atoms with Crippen LogP contribution < -0.4 is 0 Å². The molecule has 0 saturated heterocycles. The second-order valence-corrected chi connectivity index (χ2v) is 3.90. The van der Waals surface area contributed by atoms with Crippen molar-refractivity contribution in [3.63, 3.8) is 0 Å². The zero-order valence-corrected chi connectivity index (χ0v) is 8.73. The maximum absolute atomic E-state index is 13.3. The second kappa shape index (κ2) is 3.24. The summed E-state index contributed by atoms with van der Waals surface area (Å²) < 4.78 is 14.0. The molecule has 0 bridgehead atoms.